The number of fused-ring (bicyclic) bond motifs is 1. The van der Waals surface area contributed by atoms with E-state index in [0.717, 1.165) is 16.6 Å². The van der Waals surface area contributed by atoms with Crippen LogP contribution in [0.3, 0.4) is 0 Å². The summed E-state index contributed by atoms with van der Waals surface area (Å²) in [7, 11) is 0. The Kier molecular flexibility index (Phi) is 3.32. The van der Waals surface area contributed by atoms with Crippen LogP contribution < -0.4 is 0 Å². The average Bonchev–Trinajstić information content (AvgIpc) is 2.49. The van der Waals surface area contributed by atoms with E-state index in [1.165, 1.54) is 0 Å². The van der Waals surface area contributed by atoms with Crippen molar-refractivity contribution in [2.45, 2.75) is 5.92 Å². The Hall–Kier alpha value is -2.44. The summed E-state index contributed by atoms with van der Waals surface area (Å²) in [5, 5.41) is 9.73. The standard InChI is InChI=1S/C16H10ClN3/c17-16-15(12(10-18)11-6-2-1-3-7-11)19-13-8-4-5-9-14(13)20-16/h1-9,12H. The van der Waals surface area contributed by atoms with Gasteiger partial charge in [-0.05, 0) is 17.7 Å². The van der Waals surface area contributed by atoms with Gasteiger partial charge in [0.2, 0.25) is 0 Å². The third-order valence-electron chi connectivity index (χ3n) is 3.09. The summed E-state index contributed by atoms with van der Waals surface area (Å²) in [6.45, 7) is 0. The molecule has 0 amide bonds. The van der Waals surface area contributed by atoms with Crippen LogP contribution in [0.5, 0.6) is 0 Å². The first-order chi connectivity index (χ1) is 9.79. The van der Waals surface area contributed by atoms with Gasteiger partial charge in [-0.25, -0.2) is 9.97 Å². The van der Waals surface area contributed by atoms with Crippen molar-refractivity contribution < 1.29 is 0 Å². The molecule has 0 radical (unpaired) electrons. The first-order valence-corrected chi connectivity index (χ1v) is 6.54. The summed E-state index contributed by atoms with van der Waals surface area (Å²) in [4.78, 5) is 8.83. The van der Waals surface area contributed by atoms with Crippen molar-refractivity contribution in [3.8, 4) is 6.07 Å². The second-order valence-corrected chi connectivity index (χ2v) is 4.72. The average molecular weight is 280 g/mol. The Bertz CT molecular complexity index is 794. The summed E-state index contributed by atoms with van der Waals surface area (Å²) in [6, 6.07) is 19.2. The van der Waals surface area contributed by atoms with Gasteiger partial charge in [0, 0.05) is 0 Å². The highest BCUT2D eigenvalue weighted by Gasteiger charge is 2.19. The summed E-state index contributed by atoms with van der Waals surface area (Å²) in [5.41, 5.74) is 2.83. The van der Waals surface area contributed by atoms with Crippen molar-refractivity contribution in [1.29, 1.82) is 5.26 Å². The molecule has 0 N–H and O–H groups in total. The molecular formula is C16H10ClN3. The largest absolute Gasteiger partial charge is 0.246 e. The number of aromatic nitrogens is 2. The van der Waals surface area contributed by atoms with Crippen molar-refractivity contribution in [1.82, 2.24) is 9.97 Å². The molecule has 1 aromatic heterocycles. The SMILES string of the molecule is N#CC(c1ccccc1)c1nc2ccccc2nc1Cl. The number of nitrogens with zero attached hydrogens (tertiary/aromatic N) is 3. The summed E-state index contributed by atoms with van der Waals surface area (Å²) < 4.78 is 0. The van der Waals surface area contributed by atoms with Crippen LogP contribution >= 0.6 is 11.6 Å². The van der Waals surface area contributed by atoms with Gasteiger partial charge in [-0.15, -0.1) is 0 Å². The van der Waals surface area contributed by atoms with Gasteiger partial charge in [0.15, 0.2) is 5.15 Å². The van der Waals surface area contributed by atoms with E-state index in [-0.39, 0.29) is 5.15 Å². The predicted molar refractivity (Wildman–Crippen MR) is 78.4 cm³/mol. The van der Waals surface area contributed by atoms with E-state index in [9.17, 15) is 5.26 Å². The molecule has 1 heterocycles. The first-order valence-electron chi connectivity index (χ1n) is 6.16. The molecule has 0 aliphatic carbocycles. The Labute approximate surface area is 121 Å². The molecule has 0 fully saturated rings. The summed E-state index contributed by atoms with van der Waals surface area (Å²) in [6.07, 6.45) is 0. The van der Waals surface area contributed by atoms with Gasteiger partial charge >= 0.3 is 0 Å². The topological polar surface area (TPSA) is 49.6 Å². The van der Waals surface area contributed by atoms with E-state index in [2.05, 4.69) is 16.0 Å². The van der Waals surface area contributed by atoms with E-state index in [1.807, 2.05) is 54.6 Å². The molecule has 0 spiro atoms. The lowest BCUT2D eigenvalue weighted by atomic mass is 9.97. The van der Waals surface area contributed by atoms with Gasteiger partial charge in [-0.1, -0.05) is 54.1 Å². The number of hydrogen-bond donors (Lipinski definition) is 0. The van der Waals surface area contributed by atoms with Crippen molar-refractivity contribution in [3.05, 3.63) is 71.0 Å². The molecule has 0 saturated heterocycles. The van der Waals surface area contributed by atoms with Crippen LogP contribution in [0.4, 0.5) is 0 Å². The monoisotopic (exact) mass is 279 g/mol. The maximum atomic E-state index is 9.45. The molecule has 0 aliphatic rings. The van der Waals surface area contributed by atoms with E-state index in [0.29, 0.717) is 5.69 Å². The molecule has 1 atom stereocenters. The summed E-state index contributed by atoms with van der Waals surface area (Å²) in [5.74, 6) is -0.513. The minimum Gasteiger partial charge on any atom is -0.246 e. The van der Waals surface area contributed by atoms with Crippen LogP contribution in [-0.4, -0.2) is 9.97 Å². The van der Waals surface area contributed by atoms with Gasteiger partial charge in [0.1, 0.15) is 11.6 Å². The number of nitriles is 1. The zero-order valence-corrected chi connectivity index (χ0v) is 11.2. The number of para-hydroxylation sites is 2. The molecule has 0 aliphatic heterocycles. The molecular weight excluding hydrogens is 270 g/mol. The van der Waals surface area contributed by atoms with Gasteiger partial charge < -0.3 is 0 Å². The van der Waals surface area contributed by atoms with Gasteiger partial charge in [0.05, 0.1) is 17.1 Å². The maximum Gasteiger partial charge on any atom is 0.152 e. The molecule has 2 aromatic carbocycles. The van der Waals surface area contributed by atoms with Crippen LogP contribution in [0.2, 0.25) is 5.15 Å². The highest BCUT2D eigenvalue weighted by atomic mass is 35.5. The fourth-order valence-corrected chi connectivity index (χ4v) is 2.36. The van der Waals surface area contributed by atoms with Crippen LogP contribution in [0.25, 0.3) is 11.0 Å². The third kappa shape index (κ3) is 2.22. The minimum absolute atomic E-state index is 0.277. The molecule has 0 bridgehead atoms. The van der Waals surface area contributed by atoms with E-state index in [4.69, 9.17) is 11.6 Å². The first kappa shape index (κ1) is 12.6. The van der Waals surface area contributed by atoms with Gasteiger partial charge in [-0.2, -0.15) is 5.26 Å². The van der Waals surface area contributed by atoms with Crippen molar-refractivity contribution >= 4 is 22.6 Å². The van der Waals surface area contributed by atoms with Crippen molar-refractivity contribution in [2.24, 2.45) is 0 Å². The highest BCUT2D eigenvalue weighted by Crippen LogP contribution is 2.28. The van der Waals surface area contributed by atoms with E-state index >= 15 is 0 Å². The van der Waals surface area contributed by atoms with Gasteiger partial charge in [0.25, 0.3) is 0 Å². The molecule has 1 unspecified atom stereocenters. The number of halogens is 1. The van der Waals surface area contributed by atoms with Crippen LogP contribution in [-0.2, 0) is 0 Å². The molecule has 3 rings (SSSR count). The Morgan fingerprint density at radius 1 is 0.900 bits per heavy atom. The molecule has 3 aromatic rings. The fourth-order valence-electron chi connectivity index (χ4n) is 2.11. The fraction of sp³-hybridized carbons (Fsp3) is 0.0625. The Balaban J connectivity index is 2.18. The molecule has 3 nitrogen and oxygen atoms in total. The number of rotatable bonds is 2. The third-order valence-corrected chi connectivity index (χ3v) is 3.37. The normalized spacial score (nSPS) is 12.0. The molecule has 96 valence electrons. The smallest absolute Gasteiger partial charge is 0.152 e. The van der Waals surface area contributed by atoms with Gasteiger partial charge in [-0.3, -0.25) is 0 Å². The Morgan fingerprint density at radius 2 is 1.50 bits per heavy atom. The van der Waals surface area contributed by atoms with E-state index < -0.39 is 5.92 Å². The quantitative estimate of drug-likeness (QED) is 0.714. The lowest BCUT2D eigenvalue weighted by Crippen LogP contribution is -2.04. The predicted octanol–water partition coefficient (Wildman–Crippen LogP) is 3.94. The van der Waals surface area contributed by atoms with Crippen molar-refractivity contribution in [3.63, 3.8) is 0 Å². The second-order valence-electron chi connectivity index (χ2n) is 4.36. The van der Waals surface area contributed by atoms with Crippen LogP contribution in [0.1, 0.15) is 17.2 Å². The van der Waals surface area contributed by atoms with E-state index in [1.54, 1.807) is 0 Å². The van der Waals surface area contributed by atoms with Crippen molar-refractivity contribution in [2.75, 3.05) is 0 Å². The zero-order chi connectivity index (χ0) is 13.9. The summed E-state index contributed by atoms with van der Waals surface area (Å²) >= 11 is 6.20. The number of benzene rings is 2. The molecule has 20 heavy (non-hydrogen) atoms. The van der Waals surface area contributed by atoms with Crippen LogP contribution in [0.15, 0.2) is 54.6 Å². The minimum atomic E-state index is -0.513. The number of hydrogen-bond acceptors (Lipinski definition) is 3. The van der Waals surface area contributed by atoms with Crippen LogP contribution in [0, 0.1) is 11.3 Å². The highest BCUT2D eigenvalue weighted by molar-refractivity contribution is 6.30. The molecule has 0 saturated carbocycles. The lowest BCUT2D eigenvalue weighted by Gasteiger charge is -2.11. The Morgan fingerprint density at radius 3 is 2.15 bits per heavy atom. The molecule has 4 heteroatoms. The second kappa shape index (κ2) is 5.28. The zero-order valence-electron chi connectivity index (χ0n) is 10.5. The maximum absolute atomic E-state index is 9.45. The lowest BCUT2D eigenvalue weighted by molar-refractivity contribution is 0.964.